The number of carbonyl (C=O) groups is 2. The number of hydrogen-bond donors (Lipinski definition) is 7. The van der Waals surface area contributed by atoms with E-state index in [0.717, 1.165) is 148 Å². The van der Waals surface area contributed by atoms with E-state index in [4.69, 9.17) is 9.47 Å². The lowest BCUT2D eigenvalue weighted by Crippen LogP contribution is -2.52. The monoisotopic (exact) mass is 1080 g/mol. The van der Waals surface area contributed by atoms with Gasteiger partial charge in [0.05, 0.1) is 23.3 Å². The summed E-state index contributed by atoms with van der Waals surface area (Å²) < 4.78 is 13.4. The van der Waals surface area contributed by atoms with E-state index in [1.807, 2.05) is 25.1 Å². The van der Waals surface area contributed by atoms with Gasteiger partial charge in [-0.25, -0.2) is 9.59 Å². The van der Waals surface area contributed by atoms with Crippen LogP contribution in [0.4, 0.5) is 0 Å². The van der Waals surface area contributed by atoms with E-state index in [0.29, 0.717) is 49.1 Å². The van der Waals surface area contributed by atoms with Crippen LogP contribution in [0.15, 0.2) is 131 Å². The minimum atomic E-state index is -0.889. The normalized spacial score (nSPS) is 30.4. The molecule has 11 nitrogen and oxygen atoms in total. The average Bonchev–Trinajstić information content (AvgIpc) is 3.38. The number of esters is 2. The zero-order chi connectivity index (χ0) is 55.1. The lowest BCUT2D eigenvalue weighted by molar-refractivity contribution is -0.135. The van der Waals surface area contributed by atoms with Crippen LogP contribution >= 0.6 is 0 Å². The number of piperidine rings is 1. The van der Waals surface area contributed by atoms with Crippen LogP contribution in [0.5, 0.6) is 5.75 Å². The summed E-state index contributed by atoms with van der Waals surface area (Å²) >= 11 is 0. The molecular weight excluding hydrogens is 995 g/mol. The third kappa shape index (κ3) is 10.4. The van der Waals surface area contributed by atoms with Crippen molar-refractivity contribution in [3.05, 3.63) is 165 Å². The van der Waals surface area contributed by atoms with Crippen molar-refractivity contribution in [1.29, 1.82) is 0 Å². The second kappa shape index (κ2) is 23.3. The molecule has 11 heteroatoms. The smallest absolute Gasteiger partial charge is 0.340 e. The number of aliphatic hydroxyl groups is 1. The van der Waals surface area contributed by atoms with Crippen molar-refractivity contribution in [2.24, 2.45) is 46.3 Å². The van der Waals surface area contributed by atoms with Crippen molar-refractivity contribution in [2.45, 2.75) is 142 Å². The van der Waals surface area contributed by atoms with Crippen molar-refractivity contribution in [3.63, 3.8) is 0 Å². The summed E-state index contributed by atoms with van der Waals surface area (Å²) in [5.74, 6) is 1.50. The summed E-state index contributed by atoms with van der Waals surface area (Å²) in [7, 11) is 2.06. The average molecular weight is 1080 g/mol. The molecule has 10 aliphatic rings. The molecule has 14 bridgehead atoms. The van der Waals surface area contributed by atoms with E-state index in [2.05, 4.69) is 126 Å². The third-order valence-corrected chi connectivity index (χ3v) is 20.3. The number of ether oxygens (including phenoxy) is 2. The van der Waals surface area contributed by atoms with Gasteiger partial charge in [-0.3, -0.25) is 0 Å². The van der Waals surface area contributed by atoms with Crippen LogP contribution in [-0.4, -0.2) is 67.6 Å². The number of phenolic OH excluding ortho intramolecular Hbond substituents is 1. The fourth-order valence-electron chi connectivity index (χ4n) is 16.7. The fourth-order valence-corrected chi connectivity index (χ4v) is 16.7. The van der Waals surface area contributed by atoms with Gasteiger partial charge in [0.1, 0.15) is 17.3 Å². The summed E-state index contributed by atoms with van der Waals surface area (Å²) in [5, 5.41) is 41.1. The highest BCUT2D eigenvalue weighted by Gasteiger charge is 2.68. The first-order valence-electron chi connectivity index (χ1n) is 30.7. The number of rotatable bonds is 13. The van der Waals surface area contributed by atoms with E-state index < -0.39 is 11.5 Å². The number of aromatic hydroxyl groups is 1. The second-order valence-corrected chi connectivity index (χ2v) is 25.2. The third-order valence-electron chi connectivity index (χ3n) is 20.3. The highest BCUT2D eigenvalue weighted by atomic mass is 16.6. The van der Waals surface area contributed by atoms with Gasteiger partial charge in [0.15, 0.2) is 0 Å². The fraction of sp³-hybridized carbons (Fsp3) is 0.507. The number of allylic oxidation sites excluding steroid dienone is 5. The predicted molar refractivity (Wildman–Crippen MR) is 315 cm³/mol. The van der Waals surface area contributed by atoms with Gasteiger partial charge in [0, 0.05) is 42.7 Å². The minimum absolute atomic E-state index is 0.0419. The standard InChI is InChI=1S/C69H85N5O6/c1-5-27-71-41-47-31-45-22-28-72-40-46-13-10-14-48(33-46)53-16-15-52(76)37-57(53)61-54-20-26-69(59(80-67(78)64(61)69)35-43(6-2)30-44-11-8-7-9-12-44)63-55(54)17-18-56-58(79-66(77)62(56)63)21-25-68(51-23-29-73-60(36-51)70-4)24-19-49(38-68)65(50(32-45)34-47)74-39-42(3)75/h7-16,21,31-35,37,42-43,49,51,54-55,60,63,65,70-76H,5-6,17-20,22-30,36,38-41H2,1-4H3. The highest BCUT2D eigenvalue weighted by molar-refractivity contribution is 6.07. The maximum atomic E-state index is 15.3. The van der Waals surface area contributed by atoms with E-state index in [1.165, 1.54) is 22.3 Å². The topological polar surface area (TPSA) is 153 Å². The zero-order valence-electron chi connectivity index (χ0n) is 47.7. The van der Waals surface area contributed by atoms with Crippen LogP contribution in [0.3, 0.4) is 0 Å². The van der Waals surface area contributed by atoms with Crippen LogP contribution < -0.4 is 26.6 Å². The molecule has 4 aromatic carbocycles. The lowest BCUT2D eigenvalue weighted by Gasteiger charge is -2.56. The van der Waals surface area contributed by atoms with Crippen LogP contribution in [-0.2, 0) is 45.0 Å². The zero-order valence-corrected chi connectivity index (χ0v) is 47.7. The van der Waals surface area contributed by atoms with Gasteiger partial charge in [0.2, 0.25) is 0 Å². The van der Waals surface area contributed by atoms with Crippen molar-refractivity contribution in [2.75, 3.05) is 33.2 Å². The number of hydrogen-bond acceptors (Lipinski definition) is 11. The summed E-state index contributed by atoms with van der Waals surface area (Å²) in [6.45, 7) is 11.0. The van der Waals surface area contributed by atoms with Crippen molar-refractivity contribution in [1.82, 2.24) is 26.6 Å². The van der Waals surface area contributed by atoms with Gasteiger partial charge in [-0.15, -0.1) is 0 Å². The molecule has 4 fully saturated rings. The molecule has 5 heterocycles. The Bertz CT molecular complexity index is 3110. The number of fused-ring (bicyclic) bond motifs is 5. The van der Waals surface area contributed by atoms with Gasteiger partial charge in [0.25, 0.3) is 0 Å². The summed E-state index contributed by atoms with van der Waals surface area (Å²) in [6.07, 6.45) is 17.0. The first-order chi connectivity index (χ1) is 39.0. The highest BCUT2D eigenvalue weighted by Crippen LogP contribution is 2.72. The maximum Gasteiger partial charge on any atom is 0.340 e. The molecule has 80 heavy (non-hydrogen) atoms. The Kier molecular flexibility index (Phi) is 16.0. The quantitative estimate of drug-likeness (QED) is 0.0506. The largest absolute Gasteiger partial charge is 0.508 e. The maximum absolute atomic E-state index is 15.3. The van der Waals surface area contributed by atoms with Crippen molar-refractivity contribution < 1.29 is 29.3 Å². The second-order valence-electron chi connectivity index (χ2n) is 25.2. The number of phenols is 1. The molecule has 4 aromatic rings. The molecule has 1 spiro atoms. The van der Waals surface area contributed by atoms with E-state index in [-0.39, 0.29) is 59.0 Å². The van der Waals surface area contributed by atoms with Crippen LogP contribution in [0.25, 0.3) is 16.7 Å². The van der Waals surface area contributed by atoms with Crippen LogP contribution in [0.1, 0.15) is 137 Å². The number of carbonyl (C=O) groups excluding carboxylic acids is 2. The molecule has 0 amide bonds. The van der Waals surface area contributed by atoms with E-state index in [9.17, 15) is 10.2 Å². The summed E-state index contributed by atoms with van der Waals surface area (Å²) in [4.78, 5) is 30.5. The molecule has 5 aliphatic heterocycles. The SMILES string of the molecule is CCCNCc1cc2cc(c1)C(NCC(C)O)C1CCC(C3CCNC(NC)C3)(CC=C3OC(=O)C4=C3CCC3C5CCC6(C(=CC(CC)Cc7ccccc7)OC(=O)C6=C5c5cc(O)ccc5-c5cccc(c5)CNCC2)C43)C1. The number of aliphatic hydroxyl groups excluding tert-OH is 1. The van der Waals surface area contributed by atoms with E-state index in [1.54, 1.807) is 6.07 Å². The van der Waals surface area contributed by atoms with Crippen LogP contribution in [0, 0.1) is 46.3 Å². The Morgan fingerprint density at radius 2 is 1.73 bits per heavy atom. The first kappa shape index (κ1) is 54.9. The molecule has 0 radical (unpaired) electrons. The Morgan fingerprint density at radius 1 is 0.850 bits per heavy atom. The molecule has 7 N–H and O–H groups in total. The minimum Gasteiger partial charge on any atom is -0.508 e. The Labute approximate surface area is 474 Å². The van der Waals surface area contributed by atoms with Gasteiger partial charge in [-0.05, 0) is 239 Å². The van der Waals surface area contributed by atoms with Gasteiger partial charge in [-0.1, -0.05) is 86.6 Å². The predicted octanol–water partition coefficient (Wildman–Crippen LogP) is 11.3. The summed E-state index contributed by atoms with van der Waals surface area (Å²) in [6, 6.07) is 32.2. The molecule has 0 aromatic heterocycles. The molecule has 11 atom stereocenters. The molecule has 11 unspecified atom stereocenters. The summed E-state index contributed by atoms with van der Waals surface area (Å²) in [5.41, 5.74) is 11.6. The first-order valence-corrected chi connectivity index (χ1v) is 30.7. The van der Waals surface area contributed by atoms with Crippen LogP contribution in [0.2, 0.25) is 0 Å². The van der Waals surface area contributed by atoms with Gasteiger partial charge >= 0.3 is 11.9 Å². The Morgan fingerprint density at radius 3 is 2.55 bits per heavy atom. The molecule has 5 aliphatic carbocycles. The molecule has 2 saturated heterocycles. The molecule has 2 saturated carbocycles. The van der Waals surface area contributed by atoms with Gasteiger partial charge < -0.3 is 46.3 Å². The molecular formula is C69H85N5O6. The number of benzene rings is 4. The van der Waals surface area contributed by atoms with E-state index >= 15 is 9.59 Å². The number of nitrogens with one attached hydrogen (secondary N) is 5. The molecule has 422 valence electrons. The lowest BCUT2D eigenvalue weighted by atomic mass is 9.44. The number of cyclic esters (lactones) is 1. The van der Waals surface area contributed by atoms with Crippen molar-refractivity contribution in [3.8, 4) is 16.9 Å². The van der Waals surface area contributed by atoms with Gasteiger partial charge in [-0.2, -0.15) is 0 Å². The Balaban J connectivity index is 1.02. The molecule has 14 rings (SSSR count). The Hall–Kier alpha value is -5.66. The van der Waals surface area contributed by atoms with Crippen molar-refractivity contribution >= 4 is 17.5 Å².